The van der Waals surface area contributed by atoms with Crippen LogP contribution in [0.1, 0.15) is 19.3 Å². The van der Waals surface area contributed by atoms with E-state index in [1.165, 1.54) is 5.57 Å². The second kappa shape index (κ2) is 2.92. The number of hydrogen-bond acceptors (Lipinski definition) is 2. The van der Waals surface area contributed by atoms with E-state index < -0.39 is 0 Å². The zero-order valence-electron chi connectivity index (χ0n) is 7.95. The Bertz CT molecular complexity index is 385. The molecule has 2 heteroatoms. The van der Waals surface area contributed by atoms with Gasteiger partial charge in [0.2, 0.25) is 0 Å². The van der Waals surface area contributed by atoms with E-state index in [9.17, 15) is 4.79 Å². The SMILES string of the molecule is O=C1C=CC2=C3CCOC3CCC=C12. The molecule has 1 fully saturated rings. The van der Waals surface area contributed by atoms with Gasteiger partial charge in [-0.05, 0) is 36.5 Å². The third-order valence-electron chi connectivity index (χ3n) is 3.16. The summed E-state index contributed by atoms with van der Waals surface area (Å²) in [6.07, 6.45) is 8.95. The number of allylic oxidation sites excluding steroid dienone is 5. The van der Waals surface area contributed by atoms with E-state index in [4.69, 9.17) is 4.74 Å². The van der Waals surface area contributed by atoms with Crippen LogP contribution in [-0.4, -0.2) is 18.5 Å². The Kier molecular flexibility index (Phi) is 1.71. The molecule has 1 unspecified atom stereocenters. The number of hydrogen-bond donors (Lipinski definition) is 0. The molecule has 0 amide bonds. The van der Waals surface area contributed by atoms with E-state index in [1.54, 1.807) is 6.08 Å². The Morgan fingerprint density at radius 2 is 2.29 bits per heavy atom. The minimum Gasteiger partial charge on any atom is -0.373 e. The Balaban J connectivity index is 2.14. The van der Waals surface area contributed by atoms with Crippen LogP contribution >= 0.6 is 0 Å². The first-order valence-corrected chi connectivity index (χ1v) is 5.14. The quantitative estimate of drug-likeness (QED) is 0.580. The molecule has 72 valence electrons. The van der Waals surface area contributed by atoms with E-state index in [-0.39, 0.29) is 11.9 Å². The van der Waals surface area contributed by atoms with Gasteiger partial charge >= 0.3 is 0 Å². The van der Waals surface area contributed by atoms with Gasteiger partial charge in [-0.25, -0.2) is 0 Å². The molecule has 1 heterocycles. The fourth-order valence-electron chi connectivity index (χ4n) is 2.48. The summed E-state index contributed by atoms with van der Waals surface area (Å²) < 4.78 is 5.64. The summed E-state index contributed by atoms with van der Waals surface area (Å²) in [4.78, 5) is 11.5. The number of ether oxygens (including phenoxy) is 1. The van der Waals surface area contributed by atoms with Gasteiger partial charge in [0.05, 0.1) is 12.7 Å². The van der Waals surface area contributed by atoms with Crippen LogP contribution in [0.4, 0.5) is 0 Å². The highest BCUT2D eigenvalue weighted by Crippen LogP contribution is 2.36. The summed E-state index contributed by atoms with van der Waals surface area (Å²) in [5, 5.41) is 0. The Labute approximate surface area is 82.9 Å². The lowest BCUT2D eigenvalue weighted by molar-refractivity contribution is -0.110. The van der Waals surface area contributed by atoms with Gasteiger partial charge in [0.25, 0.3) is 0 Å². The molecule has 0 aromatic heterocycles. The van der Waals surface area contributed by atoms with Crippen molar-refractivity contribution in [3.8, 4) is 0 Å². The van der Waals surface area contributed by atoms with Crippen LogP contribution in [0.25, 0.3) is 0 Å². The molecule has 0 N–H and O–H groups in total. The molecular formula is C12H12O2. The molecule has 1 atom stereocenters. The van der Waals surface area contributed by atoms with E-state index in [2.05, 4.69) is 6.08 Å². The lowest BCUT2D eigenvalue weighted by Crippen LogP contribution is -2.07. The average molecular weight is 188 g/mol. The average Bonchev–Trinajstić information content (AvgIpc) is 2.72. The van der Waals surface area contributed by atoms with Gasteiger partial charge in [-0.1, -0.05) is 12.2 Å². The van der Waals surface area contributed by atoms with E-state index in [0.717, 1.165) is 37.0 Å². The summed E-state index contributed by atoms with van der Waals surface area (Å²) in [6, 6.07) is 0. The molecular weight excluding hydrogens is 176 g/mol. The fraction of sp³-hybridized carbons (Fsp3) is 0.417. The van der Waals surface area contributed by atoms with Crippen molar-refractivity contribution in [2.75, 3.05) is 6.61 Å². The molecule has 1 aliphatic heterocycles. The van der Waals surface area contributed by atoms with Crippen LogP contribution in [0.15, 0.2) is 34.9 Å². The summed E-state index contributed by atoms with van der Waals surface area (Å²) in [5.74, 6) is 0.167. The standard InChI is InChI=1S/C12H12O2/c13-11-5-4-8-9(11)2-1-3-12-10(8)6-7-14-12/h2,4-5,12H,1,3,6-7H2. The van der Waals surface area contributed by atoms with Crippen LogP contribution in [0.5, 0.6) is 0 Å². The first-order chi connectivity index (χ1) is 6.86. The van der Waals surface area contributed by atoms with Crippen LogP contribution in [0.2, 0.25) is 0 Å². The monoisotopic (exact) mass is 188 g/mol. The van der Waals surface area contributed by atoms with Gasteiger partial charge < -0.3 is 4.74 Å². The minimum atomic E-state index is 0.167. The van der Waals surface area contributed by atoms with Gasteiger partial charge in [0.15, 0.2) is 5.78 Å². The maximum absolute atomic E-state index is 11.5. The highest BCUT2D eigenvalue weighted by Gasteiger charge is 2.30. The highest BCUT2D eigenvalue weighted by atomic mass is 16.5. The first kappa shape index (κ1) is 8.18. The van der Waals surface area contributed by atoms with Crippen molar-refractivity contribution < 1.29 is 9.53 Å². The van der Waals surface area contributed by atoms with Crippen LogP contribution in [-0.2, 0) is 9.53 Å². The number of rotatable bonds is 0. The predicted octanol–water partition coefficient (Wildman–Crippen LogP) is 1.93. The normalized spacial score (nSPS) is 30.1. The molecule has 0 bridgehead atoms. The molecule has 0 radical (unpaired) electrons. The molecule has 14 heavy (non-hydrogen) atoms. The molecule has 2 aliphatic carbocycles. The first-order valence-electron chi connectivity index (χ1n) is 5.14. The molecule has 0 aromatic carbocycles. The zero-order chi connectivity index (χ0) is 9.54. The molecule has 0 aromatic rings. The maximum atomic E-state index is 11.5. The second-order valence-electron chi connectivity index (χ2n) is 3.94. The summed E-state index contributed by atoms with van der Waals surface area (Å²) >= 11 is 0. The number of carbonyl (C=O) groups is 1. The van der Waals surface area contributed by atoms with Crippen molar-refractivity contribution in [3.63, 3.8) is 0 Å². The number of carbonyl (C=O) groups excluding carboxylic acids is 1. The summed E-state index contributed by atoms with van der Waals surface area (Å²) in [6.45, 7) is 0.818. The van der Waals surface area contributed by atoms with Crippen molar-refractivity contribution in [3.05, 3.63) is 34.9 Å². The van der Waals surface area contributed by atoms with E-state index in [1.807, 2.05) is 6.08 Å². The Morgan fingerprint density at radius 1 is 1.36 bits per heavy atom. The van der Waals surface area contributed by atoms with Crippen molar-refractivity contribution >= 4 is 5.78 Å². The minimum absolute atomic E-state index is 0.167. The third-order valence-corrected chi connectivity index (χ3v) is 3.16. The molecule has 3 rings (SSSR count). The van der Waals surface area contributed by atoms with Gasteiger partial charge in [-0.15, -0.1) is 0 Å². The van der Waals surface area contributed by atoms with E-state index >= 15 is 0 Å². The summed E-state index contributed by atoms with van der Waals surface area (Å²) in [5.41, 5.74) is 3.40. The lowest BCUT2D eigenvalue weighted by Gasteiger charge is -2.09. The van der Waals surface area contributed by atoms with Gasteiger partial charge in [-0.2, -0.15) is 0 Å². The molecule has 0 spiro atoms. The molecule has 3 aliphatic rings. The molecule has 0 saturated carbocycles. The van der Waals surface area contributed by atoms with Crippen molar-refractivity contribution in [2.24, 2.45) is 0 Å². The van der Waals surface area contributed by atoms with Crippen LogP contribution in [0, 0.1) is 0 Å². The van der Waals surface area contributed by atoms with E-state index in [0.29, 0.717) is 0 Å². The van der Waals surface area contributed by atoms with Crippen molar-refractivity contribution in [2.45, 2.75) is 25.4 Å². The second-order valence-corrected chi connectivity index (χ2v) is 3.94. The molecule has 2 nitrogen and oxygen atoms in total. The third kappa shape index (κ3) is 1.04. The smallest absolute Gasteiger partial charge is 0.186 e. The zero-order valence-corrected chi connectivity index (χ0v) is 7.95. The lowest BCUT2D eigenvalue weighted by atomic mass is 9.99. The number of fused-ring (bicyclic) bond motifs is 2. The highest BCUT2D eigenvalue weighted by molar-refractivity contribution is 6.12. The topological polar surface area (TPSA) is 26.3 Å². The van der Waals surface area contributed by atoms with Gasteiger partial charge in [0, 0.05) is 5.57 Å². The van der Waals surface area contributed by atoms with Crippen molar-refractivity contribution in [1.29, 1.82) is 0 Å². The Hall–Kier alpha value is -1.15. The van der Waals surface area contributed by atoms with Crippen LogP contribution < -0.4 is 0 Å². The van der Waals surface area contributed by atoms with Gasteiger partial charge in [-0.3, -0.25) is 4.79 Å². The van der Waals surface area contributed by atoms with Crippen LogP contribution in [0.3, 0.4) is 0 Å². The fourth-order valence-corrected chi connectivity index (χ4v) is 2.48. The number of ketones is 1. The maximum Gasteiger partial charge on any atom is 0.186 e. The van der Waals surface area contributed by atoms with Crippen molar-refractivity contribution in [1.82, 2.24) is 0 Å². The Morgan fingerprint density at radius 3 is 3.21 bits per heavy atom. The largest absolute Gasteiger partial charge is 0.373 e. The summed E-state index contributed by atoms with van der Waals surface area (Å²) in [7, 11) is 0. The molecule has 1 saturated heterocycles. The van der Waals surface area contributed by atoms with Gasteiger partial charge in [0.1, 0.15) is 0 Å². The predicted molar refractivity (Wildman–Crippen MR) is 52.8 cm³/mol.